The number of methoxy groups -OCH3 is 1. The maximum atomic E-state index is 11.6. The highest BCUT2D eigenvalue weighted by atomic mass is 35.5. The highest BCUT2D eigenvalue weighted by Gasteiger charge is 2.26. The zero-order chi connectivity index (χ0) is 69.8. The average molecular weight is 1390 g/mol. The monoisotopic (exact) mass is 1390 g/mol. The number of ketones is 5. The van der Waals surface area contributed by atoms with Gasteiger partial charge in [-0.15, -0.1) is 13.2 Å². The maximum Gasteiger partial charge on any atom is 0.161 e. The van der Waals surface area contributed by atoms with Crippen LogP contribution in [0.4, 0.5) is 28.4 Å². The number of hydrogen-bond donors (Lipinski definition) is 0. The number of halogens is 4. The summed E-state index contributed by atoms with van der Waals surface area (Å²) >= 11 is 25.4. The Morgan fingerprint density at radius 1 is 0.406 bits per heavy atom. The van der Waals surface area contributed by atoms with E-state index >= 15 is 0 Å². The Hall–Kier alpha value is -6.66. The van der Waals surface area contributed by atoms with E-state index in [1.165, 1.54) is 13.3 Å². The third kappa shape index (κ3) is 22.4. The molecule has 0 atom stereocenters. The minimum Gasteiger partial charge on any atom is -0.383 e. The molecule has 5 heterocycles. The second-order valence-electron chi connectivity index (χ2n) is 24.4. The lowest BCUT2D eigenvalue weighted by Crippen LogP contribution is -2.47. The van der Waals surface area contributed by atoms with Gasteiger partial charge in [0.25, 0.3) is 0 Å². The summed E-state index contributed by atoms with van der Waals surface area (Å²) in [6.07, 6.45) is 5.03. The summed E-state index contributed by atoms with van der Waals surface area (Å²) < 4.78 is 5.10. The first-order valence-corrected chi connectivity index (χ1v) is 35.0. The number of hydrogen-bond acceptors (Lipinski definition) is 17. The van der Waals surface area contributed by atoms with E-state index < -0.39 is 0 Å². The van der Waals surface area contributed by atoms with Crippen LogP contribution < -0.4 is 24.5 Å². The van der Waals surface area contributed by atoms with Crippen LogP contribution in [0.15, 0.2) is 116 Å². The van der Waals surface area contributed by atoms with Gasteiger partial charge in [-0.25, -0.2) is 0 Å². The molecule has 5 aliphatic rings. The number of ether oxygens (including phenoxy) is 1. The molecule has 5 aromatic rings. The third-order valence-corrected chi connectivity index (χ3v) is 19.5. The summed E-state index contributed by atoms with van der Waals surface area (Å²) in [6, 6.07) is 30.4. The Kier molecular flexibility index (Phi) is 32.9. The molecule has 0 aromatic heterocycles. The van der Waals surface area contributed by atoms with Gasteiger partial charge < -0.3 is 34.1 Å². The van der Waals surface area contributed by atoms with Crippen LogP contribution in [0.2, 0.25) is 20.1 Å². The number of piperazine rings is 5. The van der Waals surface area contributed by atoms with Crippen LogP contribution >= 0.6 is 46.4 Å². The predicted molar refractivity (Wildman–Crippen MR) is 398 cm³/mol. The van der Waals surface area contributed by atoms with Gasteiger partial charge in [0.05, 0.1) is 60.7 Å². The number of nitriles is 1. The van der Waals surface area contributed by atoms with Crippen molar-refractivity contribution in [2.75, 3.05) is 202 Å². The maximum absolute atomic E-state index is 11.6. The van der Waals surface area contributed by atoms with Gasteiger partial charge >= 0.3 is 0 Å². The largest absolute Gasteiger partial charge is 0.383 e. The molecule has 0 unspecified atom stereocenters. The molecule has 0 radical (unpaired) electrons. The van der Waals surface area contributed by atoms with Gasteiger partial charge in [-0.3, -0.25) is 43.6 Å². The fraction of sp³-hybridized carbons (Fsp3) is 0.467. The minimum absolute atomic E-state index is 0.00980. The molecule has 518 valence electrons. The van der Waals surface area contributed by atoms with E-state index in [2.05, 4.69) is 82.1 Å². The summed E-state index contributed by atoms with van der Waals surface area (Å²) in [7, 11) is 1.73. The second kappa shape index (κ2) is 40.3. The van der Waals surface area contributed by atoms with Gasteiger partial charge in [-0.2, -0.15) is 5.26 Å². The Morgan fingerprint density at radius 2 is 0.667 bits per heavy atom. The lowest BCUT2D eigenvalue weighted by molar-refractivity contribution is 0.100. The van der Waals surface area contributed by atoms with Crippen LogP contribution in [0, 0.1) is 11.3 Å². The summed E-state index contributed by atoms with van der Waals surface area (Å²) in [5, 5.41) is 11.7. The smallest absolute Gasteiger partial charge is 0.161 e. The summed E-state index contributed by atoms with van der Waals surface area (Å²) in [4.78, 5) is 80.9. The Labute approximate surface area is 591 Å². The van der Waals surface area contributed by atoms with Gasteiger partial charge in [-0.05, 0) is 115 Å². The molecule has 96 heavy (non-hydrogen) atoms. The van der Waals surface area contributed by atoms with E-state index in [1.807, 2.05) is 72.8 Å². The van der Waals surface area contributed by atoms with Crippen molar-refractivity contribution in [2.45, 2.75) is 54.9 Å². The molecule has 5 aromatic carbocycles. The van der Waals surface area contributed by atoms with Crippen LogP contribution in [-0.2, 0) is 4.74 Å². The first kappa shape index (κ1) is 78.3. The molecule has 0 bridgehead atoms. The number of anilines is 5. The fourth-order valence-electron chi connectivity index (χ4n) is 12.3. The van der Waals surface area contributed by atoms with Crippen molar-refractivity contribution in [3.63, 3.8) is 0 Å². The molecule has 5 fully saturated rings. The molecule has 0 spiro atoms. The SMILES string of the molecule is C=CCN1CCN(c2cccc(C(C)=O)c2C#N)CC1.C=CCN1CCN(c2cccc(C(C)=O)c2Cl)CC1.CCCN1CCN(c2cccc(C(C)=O)c2Cl)CC1.CCN1CCN(c2cccc(C(C)=O)c2Cl)CC1.COCCN1CCN(c2cccc(C(C)=O)c2Cl)CC1. The van der Waals surface area contributed by atoms with Crippen LogP contribution in [0.3, 0.4) is 0 Å². The quantitative estimate of drug-likeness (QED) is 0.0536. The van der Waals surface area contributed by atoms with Gasteiger partial charge in [-0.1, -0.05) is 103 Å². The van der Waals surface area contributed by atoms with Gasteiger partial charge in [0.1, 0.15) is 6.07 Å². The zero-order valence-electron chi connectivity index (χ0n) is 57.7. The van der Waals surface area contributed by atoms with E-state index in [9.17, 15) is 29.2 Å². The second-order valence-corrected chi connectivity index (χ2v) is 25.9. The molecule has 0 aliphatic carbocycles. The number of carbonyl (C=O) groups excluding carboxylic acids is 5. The Morgan fingerprint density at radius 3 is 0.927 bits per heavy atom. The van der Waals surface area contributed by atoms with Crippen molar-refractivity contribution in [1.29, 1.82) is 5.26 Å². The molecule has 5 saturated heterocycles. The molecule has 0 amide bonds. The Bertz CT molecular complexity index is 3430. The zero-order valence-corrected chi connectivity index (χ0v) is 60.7. The normalized spacial score (nSPS) is 16.4. The lowest BCUT2D eigenvalue weighted by Gasteiger charge is -2.36. The van der Waals surface area contributed by atoms with E-state index in [-0.39, 0.29) is 28.9 Å². The number of Topliss-reactive ketones (excluding diaryl/α,β-unsaturated/α-hetero) is 5. The summed E-state index contributed by atoms with van der Waals surface area (Å²) in [5.41, 5.74) is 8.24. The van der Waals surface area contributed by atoms with Crippen molar-refractivity contribution < 1.29 is 28.7 Å². The van der Waals surface area contributed by atoms with Gasteiger partial charge in [0.15, 0.2) is 28.9 Å². The number of likely N-dealkylation sites (N-methyl/N-ethyl adjacent to an activating group) is 1. The van der Waals surface area contributed by atoms with Crippen LogP contribution in [0.5, 0.6) is 0 Å². The number of nitrogens with zero attached hydrogens (tertiary/aromatic N) is 11. The van der Waals surface area contributed by atoms with E-state index in [1.54, 1.807) is 65.1 Å². The van der Waals surface area contributed by atoms with Crippen molar-refractivity contribution in [1.82, 2.24) is 24.5 Å². The van der Waals surface area contributed by atoms with Crippen LogP contribution in [-0.4, -0.2) is 231 Å². The minimum atomic E-state index is -0.0614. The summed E-state index contributed by atoms with van der Waals surface area (Å²) in [5.74, 6) is 0.00642. The molecular formula is C75H99Cl4N11O6. The van der Waals surface area contributed by atoms with Crippen LogP contribution in [0.25, 0.3) is 0 Å². The fourth-order valence-corrected chi connectivity index (χ4v) is 13.8. The Balaban J connectivity index is 0.000000190. The predicted octanol–water partition coefficient (Wildman–Crippen LogP) is 13.0. The first-order valence-electron chi connectivity index (χ1n) is 33.5. The molecule has 0 saturated carbocycles. The van der Waals surface area contributed by atoms with Crippen molar-refractivity contribution >= 4 is 104 Å². The topological polar surface area (TPSA) is 151 Å². The van der Waals surface area contributed by atoms with Gasteiger partial charge in [0, 0.05) is 185 Å². The molecule has 0 N–H and O–H groups in total. The van der Waals surface area contributed by atoms with E-state index in [0.717, 1.165) is 199 Å². The van der Waals surface area contributed by atoms with E-state index in [0.29, 0.717) is 53.5 Å². The molecule has 10 rings (SSSR count). The average Bonchev–Trinajstić information content (AvgIpc) is 0.888. The first-order chi connectivity index (χ1) is 46.2. The number of carbonyl (C=O) groups is 5. The van der Waals surface area contributed by atoms with Crippen molar-refractivity contribution in [2.24, 2.45) is 0 Å². The highest BCUT2D eigenvalue weighted by molar-refractivity contribution is 6.38. The number of rotatable bonds is 20. The van der Waals surface area contributed by atoms with Crippen molar-refractivity contribution in [3.05, 3.63) is 170 Å². The molecule has 21 heteroatoms. The van der Waals surface area contributed by atoms with E-state index in [4.69, 9.17) is 51.1 Å². The highest BCUT2D eigenvalue weighted by Crippen LogP contribution is 2.34. The van der Waals surface area contributed by atoms with Crippen LogP contribution in [0.1, 0.15) is 112 Å². The lowest BCUT2D eigenvalue weighted by atomic mass is 10.0. The molecule has 5 aliphatic heterocycles. The number of benzene rings is 5. The van der Waals surface area contributed by atoms with Crippen molar-refractivity contribution in [3.8, 4) is 6.07 Å². The standard InChI is InChI=1S/C16H19N3O.C15H21ClN2O2.C15H21ClN2O.C15H19ClN2O.C14H19ClN2O/c1-3-7-18-8-10-19(11-9-18)16-6-4-5-14(13(2)20)15(16)12-17;1-12(19)13-4-3-5-14(15(13)16)18-8-6-17(7-9-18)10-11-20-2;2*1-3-7-17-8-10-18(11-9-17)14-6-4-5-13(12(2)19)15(14)16;1-3-16-7-9-17(10-8-16)13-6-4-5-12(11(2)18)14(13)15/h3-6H,1,7-11H2,2H3;3-5H,6-11H2,1-2H3;4-6H,3,7-11H2,1-2H3;3-6H,1,7-11H2,2H3;4-6H,3,7-10H2,1-2H3. The molecular weight excluding hydrogens is 1290 g/mol. The summed E-state index contributed by atoms with van der Waals surface area (Å²) in [6.45, 7) is 44.8. The third-order valence-electron chi connectivity index (χ3n) is 17.9. The van der Waals surface area contributed by atoms with Gasteiger partial charge in [0.2, 0.25) is 0 Å². The molecule has 17 nitrogen and oxygen atoms in total.